The van der Waals surface area contributed by atoms with Gasteiger partial charge in [-0.1, -0.05) is 6.92 Å². The van der Waals surface area contributed by atoms with Crippen LogP contribution < -0.4 is 11.3 Å². The number of rotatable bonds is 3. The summed E-state index contributed by atoms with van der Waals surface area (Å²) in [5.74, 6) is 9.76. The summed E-state index contributed by atoms with van der Waals surface area (Å²) in [5, 5.41) is 0. The number of nitrogens with two attached hydrogens (primary N) is 1. The topological polar surface area (TPSA) is 50.4 Å². The Morgan fingerprint density at radius 1 is 1.18 bits per heavy atom. The summed E-state index contributed by atoms with van der Waals surface area (Å²) in [5.41, 5.74) is 3.28. The molecule has 0 spiro atoms. The quantitative estimate of drug-likeness (QED) is 0.342. The van der Waals surface area contributed by atoms with Crippen molar-refractivity contribution in [1.82, 2.24) is 5.43 Å². The highest BCUT2D eigenvalue weighted by molar-refractivity contribution is 5.88. The number of aliphatic imine (C=N–C) groups is 1. The van der Waals surface area contributed by atoms with Crippen molar-refractivity contribution in [2.24, 2.45) is 34.0 Å². The zero-order chi connectivity index (χ0) is 11.9. The number of nitrogens with one attached hydrogen (secondary N) is 1. The van der Waals surface area contributed by atoms with Gasteiger partial charge in [-0.05, 0) is 62.7 Å². The second-order valence-electron chi connectivity index (χ2n) is 6.57. The molecule has 0 unspecified atom stereocenters. The number of hydrogen-bond donors (Lipinski definition) is 2. The highest BCUT2D eigenvalue weighted by Crippen LogP contribution is 2.60. The van der Waals surface area contributed by atoms with E-state index in [0.29, 0.717) is 5.41 Å². The molecule has 3 nitrogen and oxygen atoms in total. The molecule has 0 aromatic carbocycles. The van der Waals surface area contributed by atoms with Crippen LogP contribution in [0.2, 0.25) is 0 Å². The molecule has 96 valence electrons. The van der Waals surface area contributed by atoms with Crippen LogP contribution in [0.25, 0.3) is 0 Å². The minimum atomic E-state index is 0.332. The molecule has 4 aliphatic carbocycles. The Morgan fingerprint density at radius 3 is 2.12 bits per heavy atom. The molecule has 4 bridgehead atoms. The number of hydrazine groups is 1. The molecular weight excluding hydrogens is 210 g/mol. The fraction of sp³-hybridized carbons (Fsp3) is 0.929. The third-order valence-corrected chi connectivity index (χ3v) is 5.17. The zero-order valence-electron chi connectivity index (χ0n) is 10.9. The van der Waals surface area contributed by atoms with Gasteiger partial charge in [0, 0.05) is 12.0 Å². The second kappa shape index (κ2) is 4.27. The lowest BCUT2D eigenvalue weighted by molar-refractivity contribution is -0.0142. The highest BCUT2D eigenvalue weighted by Gasteiger charge is 2.53. The van der Waals surface area contributed by atoms with E-state index in [-0.39, 0.29) is 0 Å². The molecule has 3 heteroatoms. The highest BCUT2D eigenvalue weighted by atomic mass is 15.3. The lowest BCUT2D eigenvalue weighted by atomic mass is 9.49. The third-order valence-electron chi connectivity index (χ3n) is 5.17. The van der Waals surface area contributed by atoms with Gasteiger partial charge in [-0.3, -0.25) is 4.99 Å². The Labute approximate surface area is 104 Å². The molecule has 0 atom stereocenters. The molecule has 0 heterocycles. The first kappa shape index (κ1) is 11.5. The van der Waals surface area contributed by atoms with Crippen LogP contribution in [0.5, 0.6) is 0 Å². The van der Waals surface area contributed by atoms with Gasteiger partial charge in [0.2, 0.25) is 0 Å². The molecule has 4 rings (SSSR count). The van der Waals surface area contributed by atoms with Crippen molar-refractivity contribution in [2.45, 2.75) is 51.9 Å². The molecule has 0 aromatic rings. The molecule has 0 radical (unpaired) electrons. The monoisotopic (exact) mass is 235 g/mol. The van der Waals surface area contributed by atoms with Crippen molar-refractivity contribution in [1.29, 1.82) is 0 Å². The van der Waals surface area contributed by atoms with Gasteiger partial charge in [0.25, 0.3) is 0 Å². The molecule has 4 aliphatic rings. The molecule has 0 aliphatic heterocycles. The van der Waals surface area contributed by atoms with E-state index in [2.05, 4.69) is 12.3 Å². The molecular formula is C14H25N3. The van der Waals surface area contributed by atoms with Gasteiger partial charge in [0.1, 0.15) is 5.84 Å². The van der Waals surface area contributed by atoms with E-state index in [0.717, 1.165) is 36.6 Å². The van der Waals surface area contributed by atoms with Gasteiger partial charge in [-0.2, -0.15) is 0 Å². The fourth-order valence-corrected chi connectivity index (χ4v) is 4.99. The minimum Gasteiger partial charge on any atom is -0.312 e. The molecule has 4 saturated carbocycles. The normalized spacial score (nSPS) is 44.1. The lowest BCUT2D eigenvalue weighted by Gasteiger charge is -2.56. The smallest absolute Gasteiger partial charge is 0.117 e. The van der Waals surface area contributed by atoms with Crippen LogP contribution in [0.3, 0.4) is 0 Å². The summed E-state index contributed by atoms with van der Waals surface area (Å²) >= 11 is 0. The van der Waals surface area contributed by atoms with Crippen LogP contribution >= 0.6 is 0 Å². The molecule has 0 amide bonds. The van der Waals surface area contributed by atoms with Crippen LogP contribution in [0, 0.1) is 23.2 Å². The zero-order valence-corrected chi connectivity index (χ0v) is 10.9. The summed E-state index contributed by atoms with van der Waals surface area (Å²) in [4.78, 5) is 4.73. The van der Waals surface area contributed by atoms with E-state index in [1.54, 1.807) is 0 Å². The van der Waals surface area contributed by atoms with Gasteiger partial charge in [0.05, 0.1) is 0 Å². The number of nitrogens with zero attached hydrogens (tertiary/aromatic N) is 1. The van der Waals surface area contributed by atoms with E-state index in [1.807, 2.05) is 0 Å². The van der Waals surface area contributed by atoms with E-state index in [9.17, 15) is 0 Å². The number of amidine groups is 1. The van der Waals surface area contributed by atoms with Crippen molar-refractivity contribution < 1.29 is 0 Å². The average molecular weight is 235 g/mol. The largest absolute Gasteiger partial charge is 0.312 e. The summed E-state index contributed by atoms with van der Waals surface area (Å²) in [6.45, 7) is 3.10. The van der Waals surface area contributed by atoms with E-state index in [1.165, 1.54) is 38.5 Å². The van der Waals surface area contributed by atoms with Gasteiger partial charge in [-0.15, -0.1) is 0 Å². The first-order valence-corrected chi connectivity index (χ1v) is 7.27. The Kier molecular flexibility index (Phi) is 2.89. The summed E-state index contributed by atoms with van der Waals surface area (Å²) in [7, 11) is 0. The Hall–Kier alpha value is -0.570. The molecule has 3 N–H and O–H groups in total. The standard InChI is InChI=1S/C14H25N3/c1-2-3-16-13(17-15)14-7-10-4-11(8-14)6-12(5-10)9-14/h10-12H,2-9,15H2,1H3,(H,16,17). The summed E-state index contributed by atoms with van der Waals surface area (Å²) in [6, 6.07) is 0. The lowest BCUT2D eigenvalue weighted by Crippen LogP contribution is -2.55. The van der Waals surface area contributed by atoms with Gasteiger partial charge < -0.3 is 5.43 Å². The Bertz CT molecular complexity index is 286. The van der Waals surface area contributed by atoms with Gasteiger partial charge in [0.15, 0.2) is 0 Å². The van der Waals surface area contributed by atoms with E-state index >= 15 is 0 Å². The molecule has 0 aromatic heterocycles. The SMILES string of the molecule is CCCN=C(NN)C12CC3CC(CC(C3)C1)C2. The van der Waals surface area contributed by atoms with Crippen molar-refractivity contribution in [3.63, 3.8) is 0 Å². The van der Waals surface area contributed by atoms with Crippen molar-refractivity contribution in [3.8, 4) is 0 Å². The first-order chi connectivity index (χ1) is 8.25. The summed E-state index contributed by atoms with van der Waals surface area (Å²) in [6.07, 6.45) is 9.56. The number of hydrogen-bond acceptors (Lipinski definition) is 2. The van der Waals surface area contributed by atoms with Crippen LogP contribution in [-0.2, 0) is 0 Å². The molecule has 17 heavy (non-hydrogen) atoms. The van der Waals surface area contributed by atoms with Crippen molar-refractivity contribution in [3.05, 3.63) is 0 Å². The third kappa shape index (κ3) is 1.88. The minimum absolute atomic E-state index is 0.332. The van der Waals surface area contributed by atoms with E-state index in [4.69, 9.17) is 10.8 Å². The summed E-state index contributed by atoms with van der Waals surface area (Å²) < 4.78 is 0. The predicted octanol–water partition coefficient (Wildman–Crippen LogP) is 2.47. The molecule has 0 saturated heterocycles. The fourth-order valence-electron chi connectivity index (χ4n) is 4.99. The Balaban J connectivity index is 1.85. The predicted molar refractivity (Wildman–Crippen MR) is 70.5 cm³/mol. The maximum atomic E-state index is 5.75. The van der Waals surface area contributed by atoms with E-state index < -0.39 is 0 Å². The van der Waals surface area contributed by atoms with Crippen molar-refractivity contribution in [2.75, 3.05) is 6.54 Å². The Morgan fingerprint density at radius 2 is 1.71 bits per heavy atom. The van der Waals surface area contributed by atoms with Gasteiger partial charge in [-0.25, -0.2) is 5.84 Å². The average Bonchev–Trinajstić information content (AvgIpc) is 2.27. The van der Waals surface area contributed by atoms with Crippen molar-refractivity contribution >= 4 is 5.84 Å². The molecule has 4 fully saturated rings. The first-order valence-electron chi connectivity index (χ1n) is 7.27. The van der Waals surface area contributed by atoms with Crippen LogP contribution in [0.15, 0.2) is 4.99 Å². The van der Waals surface area contributed by atoms with Gasteiger partial charge >= 0.3 is 0 Å². The second-order valence-corrected chi connectivity index (χ2v) is 6.57. The maximum Gasteiger partial charge on any atom is 0.117 e. The van der Waals surface area contributed by atoms with Crippen LogP contribution in [-0.4, -0.2) is 12.4 Å². The van der Waals surface area contributed by atoms with Crippen LogP contribution in [0.1, 0.15) is 51.9 Å². The van der Waals surface area contributed by atoms with Crippen LogP contribution in [0.4, 0.5) is 0 Å². The maximum absolute atomic E-state index is 5.75.